The third-order valence-corrected chi connectivity index (χ3v) is 6.69. The van der Waals surface area contributed by atoms with Gasteiger partial charge in [-0.25, -0.2) is 26.4 Å². The second kappa shape index (κ2) is 7.90. The summed E-state index contributed by atoms with van der Waals surface area (Å²) in [6.07, 6.45) is -0.107. The zero-order valence-electron chi connectivity index (χ0n) is 15.9. The van der Waals surface area contributed by atoms with Crippen LogP contribution >= 0.6 is 0 Å². The number of morpholine rings is 1. The molecule has 2 atom stereocenters. The van der Waals surface area contributed by atoms with Crippen LogP contribution < -0.4 is 14.8 Å². The molecule has 0 bridgehead atoms. The summed E-state index contributed by atoms with van der Waals surface area (Å²) in [7, 11) is -8.20. The van der Waals surface area contributed by atoms with Crippen LogP contribution in [0.3, 0.4) is 0 Å². The van der Waals surface area contributed by atoms with Crippen LogP contribution in [0.5, 0.6) is 0 Å². The van der Waals surface area contributed by atoms with Crippen molar-refractivity contribution in [2.75, 3.05) is 22.7 Å². The first-order chi connectivity index (χ1) is 13.5. The number of anilines is 2. The molecule has 1 aliphatic heterocycles. The van der Waals surface area contributed by atoms with Crippen LogP contribution in [0, 0.1) is 5.82 Å². The van der Waals surface area contributed by atoms with Gasteiger partial charge >= 0.3 is 0 Å². The first kappa shape index (κ1) is 21.5. The number of sulfonamides is 2. The number of nitrogens with two attached hydrogens (primary N) is 1. The Morgan fingerprint density at radius 1 is 1.03 bits per heavy atom. The van der Waals surface area contributed by atoms with E-state index in [2.05, 4.69) is 4.72 Å². The highest BCUT2D eigenvalue weighted by Crippen LogP contribution is 2.27. The summed E-state index contributed by atoms with van der Waals surface area (Å²) in [6, 6.07) is 8.65. The molecular weight excluding hydrogens is 421 g/mol. The van der Waals surface area contributed by atoms with Crippen molar-refractivity contribution in [2.45, 2.75) is 35.8 Å². The standard InChI is InChI=1S/C18H22FN3O5S2/c1-12-10-22(11-13(2)27-12)18-7-6-14(8-17(18)19)21-29(25,26)16-5-3-4-15(9-16)28(20,23)24/h3-9,12-13,21H,10-11H2,1-2H3,(H2,20,23,24)/t12-,13-/m1/s1. The Kier molecular flexibility index (Phi) is 5.86. The highest BCUT2D eigenvalue weighted by Gasteiger charge is 2.25. The van der Waals surface area contributed by atoms with Gasteiger partial charge in [0.2, 0.25) is 10.0 Å². The fourth-order valence-corrected chi connectivity index (χ4v) is 4.96. The third-order valence-electron chi connectivity index (χ3n) is 4.40. The lowest BCUT2D eigenvalue weighted by molar-refractivity contribution is -0.00539. The average Bonchev–Trinajstić information content (AvgIpc) is 2.60. The highest BCUT2D eigenvalue weighted by molar-refractivity contribution is 7.93. The van der Waals surface area contributed by atoms with Crippen molar-refractivity contribution in [3.05, 3.63) is 48.3 Å². The van der Waals surface area contributed by atoms with E-state index in [1.807, 2.05) is 18.7 Å². The number of nitrogens with zero attached hydrogens (tertiary/aromatic N) is 1. The molecule has 0 spiro atoms. The van der Waals surface area contributed by atoms with E-state index in [0.717, 1.165) is 12.1 Å². The molecule has 0 aromatic heterocycles. The van der Waals surface area contributed by atoms with Crippen LogP contribution in [0.15, 0.2) is 52.3 Å². The monoisotopic (exact) mass is 443 g/mol. The SMILES string of the molecule is C[C@@H]1CN(c2ccc(NS(=O)(=O)c3cccc(S(N)(=O)=O)c3)cc2F)C[C@@H](C)O1. The van der Waals surface area contributed by atoms with Gasteiger partial charge in [-0.1, -0.05) is 6.07 Å². The van der Waals surface area contributed by atoms with Crippen LogP contribution in [-0.2, 0) is 24.8 Å². The Morgan fingerprint density at radius 3 is 2.24 bits per heavy atom. The molecule has 158 valence electrons. The number of halogens is 1. The van der Waals surface area contributed by atoms with Crippen LogP contribution in [0.2, 0.25) is 0 Å². The molecule has 3 N–H and O–H groups in total. The molecule has 8 nitrogen and oxygen atoms in total. The molecular formula is C18H22FN3O5S2. The second-order valence-electron chi connectivity index (χ2n) is 6.95. The minimum atomic E-state index is -4.14. The molecule has 0 unspecified atom stereocenters. The Morgan fingerprint density at radius 2 is 1.66 bits per heavy atom. The van der Waals surface area contributed by atoms with Gasteiger partial charge < -0.3 is 9.64 Å². The number of ether oxygens (including phenoxy) is 1. The fraction of sp³-hybridized carbons (Fsp3) is 0.333. The number of hydrogen-bond donors (Lipinski definition) is 2. The molecule has 2 aromatic rings. The van der Waals surface area contributed by atoms with Crippen molar-refractivity contribution in [3.63, 3.8) is 0 Å². The maximum absolute atomic E-state index is 14.7. The summed E-state index contributed by atoms with van der Waals surface area (Å²) < 4.78 is 70.6. The summed E-state index contributed by atoms with van der Waals surface area (Å²) in [5, 5.41) is 5.04. The van der Waals surface area contributed by atoms with E-state index in [9.17, 15) is 21.2 Å². The summed E-state index contributed by atoms with van der Waals surface area (Å²) in [4.78, 5) is 1.21. The number of benzene rings is 2. The lowest BCUT2D eigenvalue weighted by atomic mass is 10.2. The second-order valence-corrected chi connectivity index (χ2v) is 10.2. The van der Waals surface area contributed by atoms with Gasteiger partial charge in [-0.15, -0.1) is 0 Å². The highest BCUT2D eigenvalue weighted by atomic mass is 32.2. The maximum Gasteiger partial charge on any atom is 0.261 e. The van der Waals surface area contributed by atoms with Crippen LogP contribution in [0.1, 0.15) is 13.8 Å². The predicted octanol–water partition coefficient (Wildman–Crippen LogP) is 1.89. The Bertz CT molecular complexity index is 1110. The van der Waals surface area contributed by atoms with Crippen molar-refractivity contribution in [1.29, 1.82) is 0 Å². The van der Waals surface area contributed by atoms with E-state index < -0.39 is 25.9 Å². The zero-order valence-corrected chi connectivity index (χ0v) is 17.5. The molecule has 11 heteroatoms. The van der Waals surface area contributed by atoms with E-state index in [1.165, 1.54) is 30.3 Å². The first-order valence-corrected chi connectivity index (χ1v) is 11.8. The average molecular weight is 444 g/mol. The molecule has 0 aliphatic carbocycles. The van der Waals surface area contributed by atoms with E-state index in [1.54, 1.807) is 0 Å². The third kappa shape index (κ3) is 5.04. The number of nitrogens with one attached hydrogen (secondary N) is 1. The van der Waals surface area contributed by atoms with Crippen molar-refractivity contribution in [2.24, 2.45) is 5.14 Å². The minimum Gasteiger partial charge on any atom is -0.372 e. The molecule has 3 rings (SSSR count). The fourth-order valence-electron chi connectivity index (χ4n) is 3.23. The van der Waals surface area contributed by atoms with E-state index in [-0.39, 0.29) is 27.7 Å². The molecule has 0 saturated carbocycles. The minimum absolute atomic E-state index is 0.0154. The molecule has 29 heavy (non-hydrogen) atoms. The van der Waals surface area contributed by atoms with Gasteiger partial charge in [0.15, 0.2) is 0 Å². The van der Waals surface area contributed by atoms with Crippen LogP contribution in [0.25, 0.3) is 0 Å². The van der Waals surface area contributed by atoms with Crippen molar-refractivity contribution in [1.82, 2.24) is 0 Å². The topological polar surface area (TPSA) is 119 Å². The quantitative estimate of drug-likeness (QED) is 0.728. The predicted molar refractivity (Wildman–Crippen MR) is 107 cm³/mol. The van der Waals surface area contributed by atoms with E-state index in [0.29, 0.717) is 18.8 Å². The number of hydrogen-bond acceptors (Lipinski definition) is 6. The molecule has 2 aromatic carbocycles. The van der Waals surface area contributed by atoms with Crippen LogP contribution in [0.4, 0.5) is 15.8 Å². The van der Waals surface area contributed by atoms with Gasteiger partial charge in [0, 0.05) is 19.2 Å². The van der Waals surface area contributed by atoms with Gasteiger partial charge in [0.05, 0.1) is 33.4 Å². The summed E-state index contributed by atoms with van der Waals surface area (Å²) >= 11 is 0. The Balaban J connectivity index is 1.84. The molecule has 0 radical (unpaired) electrons. The van der Waals surface area contributed by atoms with Gasteiger partial charge in [-0.2, -0.15) is 0 Å². The zero-order chi connectivity index (χ0) is 21.4. The Labute approximate surface area is 169 Å². The van der Waals surface area contributed by atoms with Gasteiger partial charge in [0.1, 0.15) is 5.82 Å². The lowest BCUT2D eigenvalue weighted by Crippen LogP contribution is -2.45. The summed E-state index contributed by atoms with van der Waals surface area (Å²) in [5.41, 5.74) is 0.368. The smallest absolute Gasteiger partial charge is 0.261 e. The molecule has 0 amide bonds. The molecule has 1 aliphatic rings. The molecule has 1 heterocycles. The molecule has 1 fully saturated rings. The normalized spacial score (nSPS) is 20.5. The summed E-state index contributed by atoms with van der Waals surface area (Å²) in [6.45, 7) is 4.84. The number of rotatable bonds is 5. The number of primary sulfonamides is 1. The van der Waals surface area contributed by atoms with Crippen molar-refractivity contribution >= 4 is 31.4 Å². The van der Waals surface area contributed by atoms with E-state index in [4.69, 9.17) is 9.88 Å². The van der Waals surface area contributed by atoms with Gasteiger partial charge in [-0.05, 0) is 44.2 Å². The van der Waals surface area contributed by atoms with Gasteiger partial charge in [0.25, 0.3) is 10.0 Å². The van der Waals surface area contributed by atoms with Crippen molar-refractivity contribution in [3.8, 4) is 0 Å². The first-order valence-electron chi connectivity index (χ1n) is 8.81. The lowest BCUT2D eigenvalue weighted by Gasteiger charge is -2.37. The van der Waals surface area contributed by atoms with Gasteiger partial charge in [-0.3, -0.25) is 4.72 Å². The Hall–Kier alpha value is -2.21. The molecule has 1 saturated heterocycles. The summed E-state index contributed by atoms with van der Waals surface area (Å²) in [5.74, 6) is -0.579. The largest absolute Gasteiger partial charge is 0.372 e. The van der Waals surface area contributed by atoms with E-state index >= 15 is 0 Å². The van der Waals surface area contributed by atoms with Crippen LogP contribution in [-0.4, -0.2) is 42.1 Å². The van der Waals surface area contributed by atoms with Crippen molar-refractivity contribution < 1.29 is 26.0 Å². The maximum atomic E-state index is 14.7.